The van der Waals surface area contributed by atoms with Gasteiger partial charge in [0.05, 0.1) is 33.8 Å². The second-order valence-corrected chi connectivity index (χ2v) is 25.4. The van der Waals surface area contributed by atoms with Crippen molar-refractivity contribution in [3.8, 4) is 0 Å². The van der Waals surface area contributed by atoms with Gasteiger partial charge in [0.2, 0.25) is 5.91 Å². The molecule has 2 N–H and O–H groups in total. The summed E-state index contributed by atoms with van der Waals surface area (Å²) in [5.74, 6) is -0.566. The minimum Gasteiger partial charge on any atom is -0.456 e. The number of likely N-dealkylation sites (N-methyl/N-ethyl adjacent to an activating group) is 1. The van der Waals surface area contributed by atoms with E-state index in [4.69, 9.17) is 13.8 Å². The number of quaternary nitrogens is 1. The van der Waals surface area contributed by atoms with Gasteiger partial charge in [-0.25, -0.2) is 4.57 Å². The molecule has 0 aromatic rings. The van der Waals surface area contributed by atoms with Gasteiger partial charge in [-0.05, 0) is 128 Å². The highest BCUT2D eigenvalue weighted by Gasteiger charge is 2.30. The Morgan fingerprint density at radius 2 is 0.753 bits per heavy atom. The highest BCUT2D eigenvalue weighted by molar-refractivity contribution is 7.47. The van der Waals surface area contributed by atoms with Gasteiger partial charge in [0.25, 0.3) is 0 Å². The molecule has 0 saturated heterocycles. The van der Waals surface area contributed by atoms with E-state index >= 15 is 0 Å². The summed E-state index contributed by atoms with van der Waals surface area (Å²) in [6, 6.07) is -0.878. The Hall–Kier alpha value is -3.85. The molecular formula is C75H130N2O7P+. The van der Waals surface area contributed by atoms with Crippen molar-refractivity contribution in [2.75, 3.05) is 40.9 Å². The van der Waals surface area contributed by atoms with E-state index in [1.165, 1.54) is 122 Å². The average molecular weight is 1200 g/mol. The number of unbranched alkanes of at least 4 members (excludes halogenated alkanes) is 25. The fourth-order valence-electron chi connectivity index (χ4n) is 9.28. The molecule has 0 aliphatic rings. The SMILES string of the molecule is CC/C=C\C/C=C\C/C=C\C/C=C\C/C=C\C/C=C\CCCCC(=O)OC(/C=C\CCCCCCCCCCC)C(COP(=O)(O)OCC[N+](C)(C)C)NC(=O)CCCCCCCCCCCCC/C=C\C/C=C\C/C=C\C/C=C\CCCCC. The lowest BCUT2D eigenvalue weighted by atomic mass is 10.0. The number of hydrogen-bond acceptors (Lipinski definition) is 6. The van der Waals surface area contributed by atoms with Crippen LogP contribution < -0.4 is 5.32 Å². The van der Waals surface area contributed by atoms with Crippen molar-refractivity contribution < 1.29 is 37.3 Å². The number of nitrogens with one attached hydrogen (secondary N) is 1. The first kappa shape index (κ1) is 81.2. The minimum atomic E-state index is -4.47. The lowest BCUT2D eigenvalue weighted by Crippen LogP contribution is -2.47. The maximum absolute atomic E-state index is 13.6. The summed E-state index contributed by atoms with van der Waals surface area (Å²) in [7, 11) is 1.45. The third kappa shape index (κ3) is 64.5. The van der Waals surface area contributed by atoms with Crippen molar-refractivity contribution in [1.82, 2.24) is 5.32 Å². The van der Waals surface area contributed by atoms with Crippen LogP contribution in [0.5, 0.6) is 0 Å². The van der Waals surface area contributed by atoms with Crippen LogP contribution in [0.4, 0.5) is 0 Å². The zero-order valence-corrected chi connectivity index (χ0v) is 56.4. The topological polar surface area (TPSA) is 111 Å². The molecule has 85 heavy (non-hydrogen) atoms. The number of rotatable bonds is 61. The highest BCUT2D eigenvalue weighted by Crippen LogP contribution is 2.43. The van der Waals surface area contributed by atoms with Crippen LogP contribution >= 0.6 is 7.82 Å². The normalized spacial score (nSPS) is 14.4. The van der Waals surface area contributed by atoms with Crippen LogP contribution in [-0.2, 0) is 27.9 Å². The molecule has 0 fully saturated rings. The zero-order valence-electron chi connectivity index (χ0n) is 55.6. The molecule has 0 aliphatic carbocycles. The summed E-state index contributed by atoms with van der Waals surface area (Å²) in [4.78, 5) is 37.8. The van der Waals surface area contributed by atoms with Gasteiger partial charge in [-0.1, -0.05) is 270 Å². The third-order valence-electron chi connectivity index (χ3n) is 14.6. The second-order valence-electron chi connectivity index (χ2n) is 24.0. The van der Waals surface area contributed by atoms with Gasteiger partial charge in [-0.15, -0.1) is 0 Å². The molecule has 0 rings (SSSR count). The molecule has 486 valence electrons. The number of carbonyl (C=O) groups is 2. The van der Waals surface area contributed by atoms with Crippen molar-refractivity contribution in [1.29, 1.82) is 0 Å². The lowest BCUT2D eigenvalue weighted by Gasteiger charge is -2.27. The van der Waals surface area contributed by atoms with Gasteiger partial charge in [0, 0.05) is 12.8 Å². The number of esters is 1. The molecular weight excluding hydrogens is 1070 g/mol. The molecule has 9 nitrogen and oxygen atoms in total. The molecule has 0 radical (unpaired) electrons. The van der Waals surface area contributed by atoms with Gasteiger partial charge in [-0.2, -0.15) is 0 Å². The van der Waals surface area contributed by atoms with Crippen molar-refractivity contribution >= 4 is 19.7 Å². The van der Waals surface area contributed by atoms with E-state index in [1.54, 1.807) is 0 Å². The molecule has 1 amide bonds. The molecule has 0 spiro atoms. The van der Waals surface area contributed by atoms with Crippen molar-refractivity contribution in [2.45, 2.75) is 290 Å². The number of phosphoric ester groups is 1. The summed E-state index contributed by atoms with van der Waals surface area (Å²) >= 11 is 0. The Labute approximate surface area is 524 Å². The molecule has 0 saturated carbocycles. The Kier molecular flexibility index (Phi) is 60.3. The molecule has 0 aromatic heterocycles. The van der Waals surface area contributed by atoms with Gasteiger partial charge in [0.15, 0.2) is 0 Å². The van der Waals surface area contributed by atoms with Crippen molar-refractivity contribution in [3.05, 3.63) is 134 Å². The first-order valence-electron chi connectivity index (χ1n) is 34.5. The second kappa shape index (κ2) is 63.2. The van der Waals surface area contributed by atoms with Crippen LogP contribution in [0, 0.1) is 0 Å². The minimum absolute atomic E-state index is 0.0256. The fourth-order valence-corrected chi connectivity index (χ4v) is 10.0. The molecule has 0 aliphatic heterocycles. The summed E-state index contributed by atoms with van der Waals surface area (Å²) in [6.07, 6.45) is 90.4. The van der Waals surface area contributed by atoms with Gasteiger partial charge in [0.1, 0.15) is 19.3 Å². The maximum Gasteiger partial charge on any atom is 0.472 e. The largest absolute Gasteiger partial charge is 0.472 e. The third-order valence-corrected chi connectivity index (χ3v) is 15.6. The van der Waals surface area contributed by atoms with E-state index in [0.29, 0.717) is 23.9 Å². The predicted octanol–water partition coefficient (Wildman–Crippen LogP) is 22.0. The lowest BCUT2D eigenvalue weighted by molar-refractivity contribution is -0.870. The fraction of sp³-hybridized carbons (Fsp3) is 0.680. The van der Waals surface area contributed by atoms with Gasteiger partial charge in [-0.3, -0.25) is 18.6 Å². The number of phosphoric acid groups is 1. The van der Waals surface area contributed by atoms with Gasteiger partial charge >= 0.3 is 13.8 Å². The van der Waals surface area contributed by atoms with E-state index in [-0.39, 0.29) is 31.5 Å². The average Bonchev–Trinajstić information content (AvgIpc) is 3.63. The van der Waals surface area contributed by atoms with Crippen molar-refractivity contribution in [3.63, 3.8) is 0 Å². The predicted molar refractivity (Wildman–Crippen MR) is 369 cm³/mol. The van der Waals surface area contributed by atoms with Crippen LogP contribution in [0.15, 0.2) is 134 Å². The number of ether oxygens (including phenoxy) is 1. The summed E-state index contributed by atoms with van der Waals surface area (Å²) in [6.45, 7) is 6.83. The van der Waals surface area contributed by atoms with E-state index in [2.05, 4.69) is 148 Å². The molecule has 3 unspecified atom stereocenters. The monoisotopic (exact) mass is 1200 g/mol. The van der Waals surface area contributed by atoms with Crippen LogP contribution in [-0.4, -0.2) is 74.3 Å². The van der Waals surface area contributed by atoms with Crippen LogP contribution in [0.1, 0.15) is 278 Å². The number of allylic oxidation sites excluding steroid dienone is 21. The highest BCUT2D eigenvalue weighted by atomic mass is 31.2. The molecule has 0 bridgehead atoms. The van der Waals surface area contributed by atoms with E-state index in [1.807, 2.05) is 33.3 Å². The standard InChI is InChI=1S/C75H129N2O7P/c1-7-10-13-16-19-22-25-27-29-31-33-35-36-37-38-39-40-42-43-45-47-49-52-55-58-61-64-67-74(78)76-72(71-83-85(80,81)82-70-69-77(4,5)6)73(66-63-60-57-54-51-24-21-18-15-12-9-3)84-75(79)68-65-62-59-56-53-50-48-46-44-41-34-32-30-28-26-23-20-17-14-11-8-2/h11,14,19-20,22-23,27-30,33-35,37-38,41,46,48,53,56,63,66,72-73H,7-10,12-13,15-18,21,24-26,31-32,36,39-40,42-45,47,49-52,54-55,57-62,64-65,67-71H2,1-6H3,(H-,76,78,80,81)/p+1/b14-11-,22-19-,23-20-,29-27-,30-28-,35-33-,38-37-,41-34-,48-46-,56-53-,66-63-. The molecule has 0 heterocycles. The van der Waals surface area contributed by atoms with E-state index in [9.17, 15) is 19.0 Å². The Morgan fingerprint density at radius 1 is 0.424 bits per heavy atom. The summed E-state index contributed by atoms with van der Waals surface area (Å²) in [5, 5.41) is 3.05. The van der Waals surface area contributed by atoms with E-state index in [0.717, 1.165) is 116 Å². The smallest absolute Gasteiger partial charge is 0.456 e. The van der Waals surface area contributed by atoms with Gasteiger partial charge < -0.3 is 19.4 Å². The first-order chi connectivity index (χ1) is 41.4. The number of amides is 1. The Morgan fingerprint density at radius 3 is 1.16 bits per heavy atom. The quantitative estimate of drug-likeness (QED) is 0.0205. The number of hydrogen-bond donors (Lipinski definition) is 2. The van der Waals surface area contributed by atoms with Crippen LogP contribution in [0.2, 0.25) is 0 Å². The molecule has 0 aromatic carbocycles. The summed E-state index contributed by atoms with van der Waals surface area (Å²) < 4.78 is 30.7. The first-order valence-corrected chi connectivity index (χ1v) is 36.0. The molecule has 3 atom stereocenters. The van der Waals surface area contributed by atoms with Crippen LogP contribution in [0.3, 0.4) is 0 Å². The number of carbonyl (C=O) groups excluding carboxylic acids is 2. The van der Waals surface area contributed by atoms with E-state index < -0.39 is 20.0 Å². The maximum atomic E-state index is 13.6. The molecule has 10 heteroatoms. The zero-order chi connectivity index (χ0) is 62.1. The number of nitrogens with zero attached hydrogens (tertiary/aromatic N) is 1. The Bertz CT molecular complexity index is 1920. The van der Waals surface area contributed by atoms with Crippen molar-refractivity contribution in [2.24, 2.45) is 0 Å². The summed E-state index contributed by atoms with van der Waals surface area (Å²) in [5.41, 5.74) is 0. The van der Waals surface area contributed by atoms with Crippen LogP contribution in [0.25, 0.3) is 0 Å². The Balaban J connectivity index is 5.14.